The summed E-state index contributed by atoms with van der Waals surface area (Å²) in [5.74, 6) is -0.286. The van der Waals surface area contributed by atoms with Crippen molar-refractivity contribution >= 4 is 11.7 Å². The lowest BCUT2D eigenvalue weighted by molar-refractivity contribution is 0.0601. The Labute approximate surface area is 117 Å². The zero-order valence-electron chi connectivity index (χ0n) is 11.4. The number of esters is 1. The molecule has 1 unspecified atom stereocenters. The molecule has 1 atom stereocenters. The van der Waals surface area contributed by atoms with Crippen LogP contribution in [-0.4, -0.2) is 18.1 Å². The minimum atomic E-state index is -0.512. The van der Waals surface area contributed by atoms with Crippen LogP contribution >= 0.6 is 0 Å². The largest absolute Gasteiger partial charge is 0.468 e. The van der Waals surface area contributed by atoms with E-state index in [-0.39, 0.29) is 23.2 Å². The van der Waals surface area contributed by atoms with Crippen molar-refractivity contribution in [3.8, 4) is 5.88 Å². The van der Waals surface area contributed by atoms with Gasteiger partial charge in [0.15, 0.2) is 0 Å². The molecule has 5 nitrogen and oxygen atoms in total. The molecule has 0 fully saturated rings. The van der Waals surface area contributed by atoms with E-state index >= 15 is 0 Å². The van der Waals surface area contributed by atoms with Crippen molar-refractivity contribution in [1.82, 2.24) is 4.98 Å². The summed E-state index contributed by atoms with van der Waals surface area (Å²) in [5.41, 5.74) is 7.33. The summed E-state index contributed by atoms with van der Waals surface area (Å²) in [6.07, 6.45) is 1.24. The van der Waals surface area contributed by atoms with Crippen molar-refractivity contribution in [2.75, 3.05) is 12.8 Å². The van der Waals surface area contributed by atoms with Gasteiger partial charge < -0.3 is 15.2 Å². The number of benzene rings is 1. The number of nitrogens with two attached hydrogens (primary N) is 1. The summed E-state index contributed by atoms with van der Waals surface area (Å²) in [7, 11) is 1.30. The van der Waals surface area contributed by atoms with Crippen molar-refractivity contribution in [2.45, 2.75) is 13.0 Å². The predicted molar refractivity (Wildman–Crippen MR) is 75.5 cm³/mol. The number of methoxy groups -OCH3 is 1. The van der Waals surface area contributed by atoms with Gasteiger partial charge in [0.05, 0.1) is 12.7 Å². The van der Waals surface area contributed by atoms with E-state index in [9.17, 15) is 4.79 Å². The minimum Gasteiger partial charge on any atom is -0.468 e. The van der Waals surface area contributed by atoms with E-state index in [0.29, 0.717) is 0 Å². The Kier molecular flexibility index (Phi) is 4.20. The number of hydrogen-bond donors (Lipinski definition) is 1. The molecule has 0 saturated carbocycles. The second-order valence-corrected chi connectivity index (χ2v) is 4.24. The molecule has 104 valence electrons. The third-order valence-electron chi connectivity index (χ3n) is 2.92. The smallest absolute Gasteiger partial charge is 0.340 e. The first kappa shape index (κ1) is 13.9. The van der Waals surface area contributed by atoms with Gasteiger partial charge in [-0.15, -0.1) is 0 Å². The maximum Gasteiger partial charge on any atom is 0.340 e. The molecule has 0 radical (unpaired) electrons. The molecule has 0 aliphatic carbocycles. The molecule has 2 rings (SSSR count). The van der Waals surface area contributed by atoms with E-state index in [1.807, 2.05) is 37.3 Å². The first-order valence-corrected chi connectivity index (χ1v) is 6.18. The second-order valence-electron chi connectivity index (χ2n) is 4.24. The lowest BCUT2D eigenvalue weighted by Crippen LogP contribution is -2.11. The molecule has 1 heterocycles. The lowest BCUT2D eigenvalue weighted by Gasteiger charge is -2.16. The molecule has 2 aromatic rings. The van der Waals surface area contributed by atoms with Crippen LogP contribution in [-0.2, 0) is 4.74 Å². The van der Waals surface area contributed by atoms with Crippen LogP contribution in [0.1, 0.15) is 28.9 Å². The Morgan fingerprint density at radius 2 is 1.95 bits per heavy atom. The van der Waals surface area contributed by atoms with E-state index in [0.717, 1.165) is 5.56 Å². The van der Waals surface area contributed by atoms with Crippen LogP contribution in [0.15, 0.2) is 42.6 Å². The van der Waals surface area contributed by atoms with Crippen molar-refractivity contribution in [3.05, 3.63) is 53.7 Å². The molecule has 5 heteroatoms. The number of carbonyl (C=O) groups is 1. The van der Waals surface area contributed by atoms with E-state index < -0.39 is 5.97 Å². The predicted octanol–water partition coefficient (Wildman–Crippen LogP) is 2.59. The molecule has 2 N–H and O–H groups in total. The lowest BCUT2D eigenvalue weighted by atomic mass is 10.1. The van der Waals surface area contributed by atoms with Crippen molar-refractivity contribution < 1.29 is 14.3 Å². The fourth-order valence-electron chi connectivity index (χ4n) is 1.80. The number of anilines is 1. The summed E-state index contributed by atoms with van der Waals surface area (Å²) in [5, 5.41) is 0. The van der Waals surface area contributed by atoms with Crippen LogP contribution in [0.4, 0.5) is 5.69 Å². The van der Waals surface area contributed by atoms with Gasteiger partial charge in [-0.25, -0.2) is 9.78 Å². The minimum absolute atomic E-state index is 0.183. The number of nitrogen functional groups attached to an aromatic ring is 1. The first-order chi connectivity index (χ1) is 9.63. The number of aromatic nitrogens is 1. The number of pyridine rings is 1. The van der Waals surface area contributed by atoms with Crippen molar-refractivity contribution in [2.24, 2.45) is 0 Å². The highest BCUT2D eigenvalue weighted by Crippen LogP contribution is 2.27. The summed E-state index contributed by atoms with van der Waals surface area (Å²) >= 11 is 0. The highest BCUT2D eigenvalue weighted by Gasteiger charge is 2.17. The van der Waals surface area contributed by atoms with Gasteiger partial charge in [-0.2, -0.15) is 0 Å². The molecule has 0 aliphatic heterocycles. The van der Waals surface area contributed by atoms with Gasteiger partial charge in [0.1, 0.15) is 11.8 Å². The van der Waals surface area contributed by atoms with E-state index in [4.69, 9.17) is 10.5 Å². The van der Waals surface area contributed by atoms with Gasteiger partial charge in [0.2, 0.25) is 5.88 Å². The molecule has 0 bridgehead atoms. The third-order valence-corrected chi connectivity index (χ3v) is 2.92. The van der Waals surface area contributed by atoms with E-state index in [1.54, 1.807) is 0 Å². The second kappa shape index (κ2) is 6.06. The number of hydrogen-bond acceptors (Lipinski definition) is 5. The SMILES string of the molecule is COC(=O)c1ccnc(OC(C)c2ccccc2)c1N. The van der Waals surface area contributed by atoms with Crippen LogP contribution in [0.3, 0.4) is 0 Å². The maximum atomic E-state index is 11.6. The summed E-state index contributed by atoms with van der Waals surface area (Å²) in [4.78, 5) is 15.6. The number of nitrogens with zero attached hydrogens (tertiary/aromatic N) is 1. The van der Waals surface area contributed by atoms with Crippen LogP contribution in [0, 0.1) is 0 Å². The van der Waals surface area contributed by atoms with Gasteiger partial charge in [0, 0.05) is 6.20 Å². The van der Waals surface area contributed by atoms with Gasteiger partial charge in [-0.05, 0) is 18.6 Å². The van der Waals surface area contributed by atoms with Crippen molar-refractivity contribution in [3.63, 3.8) is 0 Å². The Morgan fingerprint density at radius 1 is 1.25 bits per heavy atom. The molecule has 0 amide bonds. The monoisotopic (exact) mass is 272 g/mol. The standard InChI is InChI=1S/C15H16N2O3/c1-10(11-6-4-3-5-7-11)20-14-13(16)12(8-9-17-14)15(18)19-2/h3-10H,16H2,1-2H3. The number of ether oxygens (including phenoxy) is 2. The molecule has 1 aromatic heterocycles. The zero-order chi connectivity index (χ0) is 14.5. The Morgan fingerprint density at radius 3 is 2.60 bits per heavy atom. The van der Waals surface area contributed by atoms with Crippen LogP contribution in [0.5, 0.6) is 5.88 Å². The Hall–Kier alpha value is -2.56. The topological polar surface area (TPSA) is 74.4 Å². The van der Waals surface area contributed by atoms with Crippen LogP contribution in [0.25, 0.3) is 0 Å². The maximum absolute atomic E-state index is 11.6. The molecule has 0 saturated heterocycles. The fourth-order valence-corrected chi connectivity index (χ4v) is 1.80. The summed E-state index contributed by atoms with van der Waals surface area (Å²) < 4.78 is 10.4. The van der Waals surface area contributed by atoms with Crippen LogP contribution < -0.4 is 10.5 Å². The quantitative estimate of drug-likeness (QED) is 0.866. The molecule has 20 heavy (non-hydrogen) atoms. The third kappa shape index (κ3) is 2.88. The highest BCUT2D eigenvalue weighted by molar-refractivity contribution is 5.95. The first-order valence-electron chi connectivity index (χ1n) is 6.18. The average molecular weight is 272 g/mol. The summed E-state index contributed by atoms with van der Waals surface area (Å²) in [6.45, 7) is 1.89. The number of carbonyl (C=O) groups excluding carboxylic acids is 1. The number of rotatable bonds is 4. The zero-order valence-corrected chi connectivity index (χ0v) is 11.4. The molecule has 0 spiro atoms. The average Bonchev–Trinajstić information content (AvgIpc) is 2.49. The van der Waals surface area contributed by atoms with Gasteiger partial charge in [-0.3, -0.25) is 0 Å². The Balaban J connectivity index is 2.24. The van der Waals surface area contributed by atoms with Crippen molar-refractivity contribution in [1.29, 1.82) is 0 Å². The van der Waals surface area contributed by atoms with Gasteiger partial charge in [0.25, 0.3) is 0 Å². The van der Waals surface area contributed by atoms with Gasteiger partial charge >= 0.3 is 5.97 Å². The molecular formula is C15H16N2O3. The summed E-state index contributed by atoms with van der Waals surface area (Å²) in [6, 6.07) is 11.2. The highest BCUT2D eigenvalue weighted by atomic mass is 16.5. The Bertz CT molecular complexity index is 599. The fraction of sp³-hybridized carbons (Fsp3) is 0.200. The van der Waals surface area contributed by atoms with Gasteiger partial charge in [-0.1, -0.05) is 30.3 Å². The van der Waals surface area contributed by atoms with E-state index in [2.05, 4.69) is 9.72 Å². The molecule has 1 aromatic carbocycles. The molecular weight excluding hydrogens is 256 g/mol. The van der Waals surface area contributed by atoms with E-state index in [1.165, 1.54) is 19.4 Å². The molecule has 0 aliphatic rings. The normalized spacial score (nSPS) is 11.7. The van der Waals surface area contributed by atoms with Crippen LogP contribution in [0.2, 0.25) is 0 Å².